The number of benzene rings is 1. The van der Waals surface area contributed by atoms with E-state index in [0.717, 1.165) is 6.20 Å². The van der Waals surface area contributed by atoms with Crippen LogP contribution >= 0.6 is 11.6 Å². The van der Waals surface area contributed by atoms with Crippen LogP contribution in [0.3, 0.4) is 0 Å². The van der Waals surface area contributed by atoms with Gasteiger partial charge in [0.05, 0.1) is 17.4 Å². The highest BCUT2D eigenvalue weighted by molar-refractivity contribution is 6.30. The van der Waals surface area contributed by atoms with Gasteiger partial charge >= 0.3 is 6.18 Å². The van der Waals surface area contributed by atoms with Gasteiger partial charge in [-0.25, -0.2) is 4.68 Å². The summed E-state index contributed by atoms with van der Waals surface area (Å²) in [5.41, 5.74) is -1.56. The summed E-state index contributed by atoms with van der Waals surface area (Å²) in [6.45, 7) is 5.25. The lowest BCUT2D eigenvalue weighted by Gasteiger charge is -2.13. The Balaban J connectivity index is 2.11. The molecule has 1 heterocycles. The van der Waals surface area contributed by atoms with Crippen LogP contribution in [0, 0.1) is 5.92 Å². The van der Waals surface area contributed by atoms with E-state index >= 15 is 0 Å². The van der Waals surface area contributed by atoms with Gasteiger partial charge in [0.15, 0.2) is 5.69 Å². The van der Waals surface area contributed by atoms with Crippen molar-refractivity contribution in [2.24, 2.45) is 5.92 Å². The van der Waals surface area contributed by atoms with Gasteiger partial charge in [-0.05, 0) is 30.5 Å². The number of amides is 1. The monoisotopic (exact) mass is 403 g/mol. The molecule has 0 bridgehead atoms. The van der Waals surface area contributed by atoms with E-state index in [1.54, 1.807) is 0 Å². The Bertz CT molecular complexity index is 775. The molecule has 0 aliphatic rings. The molecule has 2 rings (SSSR count). The van der Waals surface area contributed by atoms with Crippen molar-refractivity contribution in [1.29, 1.82) is 0 Å². The first-order valence-electron chi connectivity index (χ1n) is 8.47. The maximum absolute atomic E-state index is 13.6. The van der Waals surface area contributed by atoms with Crippen molar-refractivity contribution in [2.75, 3.05) is 19.8 Å². The van der Waals surface area contributed by atoms with E-state index in [0.29, 0.717) is 30.2 Å². The molecule has 0 spiro atoms. The van der Waals surface area contributed by atoms with Gasteiger partial charge in [-0.2, -0.15) is 18.3 Å². The minimum atomic E-state index is -4.76. The van der Waals surface area contributed by atoms with Gasteiger partial charge in [0, 0.05) is 24.8 Å². The average molecular weight is 404 g/mol. The summed E-state index contributed by atoms with van der Waals surface area (Å²) in [4.78, 5) is 12.2. The number of hydrogen-bond donors (Lipinski definition) is 1. The fourth-order valence-electron chi connectivity index (χ4n) is 2.38. The molecule has 1 N–H and O–H groups in total. The van der Waals surface area contributed by atoms with Crippen molar-refractivity contribution in [3.63, 3.8) is 0 Å². The first-order chi connectivity index (χ1) is 12.7. The number of alkyl halides is 3. The number of ether oxygens (including phenoxy) is 1. The molecular weight excluding hydrogens is 383 g/mol. The van der Waals surface area contributed by atoms with Crippen LogP contribution < -0.4 is 5.32 Å². The quantitative estimate of drug-likeness (QED) is 0.667. The number of nitrogens with one attached hydrogen (secondary N) is 1. The fraction of sp³-hybridized carbons (Fsp3) is 0.444. The third-order valence-corrected chi connectivity index (χ3v) is 3.77. The number of nitrogens with zero attached hydrogens (tertiary/aromatic N) is 2. The van der Waals surface area contributed by atoms with Crippen LogP contribution in [0.15, 0.2) is 30.5 Å². The number of hydrogen-bond acceptors (Lipinski definition) is 3. The molecule has 0 atom stereocenters. The summed E-state index contributed by atoms with van der Waals surface area (Å²) in [5, 5.41) is 6.49. The van der Waals surface area contributed by atoms with Crippen LogP contribution in [0.25, 0.3) is 5.69 Å². The Morgan fingerprint density at radius 2 is 2.11 bits per heavy atom. The van der Waals surface area contributed by atoms with Gasteiger partial charge in [0.2, 0.25) is 0 Å². The molecule has 0 unspecified atom stereocenters. The second kappa shape index (κ2) is 9.23. The van der Waals surface area contributed by atoms with Gasteiger partial charge < -0.3 is 10.1 Å². The largest absolute Gasteiger partial charge is 0.434 e. The third kappa shape index (κ3) is 5.97. The first kappa shape index (κ1) is 21.2. The van der Waals surface area contributed by atoms with Crippen molar-refractivity contribution >= 4 is 17.5 Å². The van der Waals surface area contributed by atoms with E-state index < -0.39 is 23.3 Å². The molecule has 5 nitrogen and oxygen atoms in total. The van der Waals surface area contributed by atoms with Gasteiger partial charge in [-0.15, -0.1) is 0 Å². The Morgan fingerprint density at radius 1 is 1.37 bits per heavy atom. The third-order valence-electron chi connectivity index (χ3n) is 3.54. The Hall–Kier alpha value is -2.06. The summed E-state index contributed by atoms with van der Waals surface area (Å²) in [6.07, 6.45) is -3.34. The van der Waals surface area contributed by atoms with E-state index in [1.165, 1.54) is 24.3 Å². The van der Waals surface area contributed by atoms with Crippen molar-refractivity contribution in [3.8, 4) is 5.69 Å². The van der Waals surface area contributed by atoms with Crippen molar-refractivity contribution in [2.45, 2.75) is 26.4 Å². The van der Waals surface area contributed by atoms with E-state index in [1.807, 2.05) is 13.8 Å². The Morgan fingerprint density at radius 3 is 2.74 bits per heavy atom. The second-order valence-electron chi connectivity index (χ2n) is 6.37. The number of aromatic nitrogens is 2. The molecule has 1 aromatic heterocycles. The normalized spacial score (nSPS) is 11.8. The molecule has 0 saturated heterocycles. The van der Waals surface area contributed by atoms with Crippen LogP contribution in [0.2, 0.25) is 5.02 Å². The fourth-order valence-corrected chi connectivity index (χ4v) is 2.57. The van der Waals surface area contributed by atoms with Crippen LogP contribution in [0.4, 0.5) is 13.2 Å². The summed E-state index contributed by atoms with van der Waals surface area (Å²) in [6, 6.07) is 5.83. The highest BCUT2D eigenvalue weighted by Gasteiger charge is 2.40. The van der Waals surface area contributed by atoms with Gasteiger partial charge in [-0.1, -0.05) is 31.5 Å². The lowest BCUT2D eigenvalue weighted by molar-refractivity contribution is -0.143. The molecule has 148 valence electrons. The van der Waals surface area contributed by atoms with E-state index in [2.05, 4.69) is 10.4 Å². The van der Waals surface area contributed by atoms with E-state index in [4.69, 9.17) is 16.3 Å². The molecular formula is C18H21ClF3N3O2. The molecule has 9 heteroatoms. The van der Waals surface area contributed by atoms with Crippen LogP contribution in [0.1, 0.15) is 36.3 Å². The number of carbonyl (C=O) groups excluding carboxylic acids is 1. The minimum absolute atomic E-state index is 0.121. The van der Waals surface area contributed by atoms with Crippen LogP contribution in [-0.2, 0) is 10.9 Å². The first-order valence-corrected chi connectivity index (χ1v) is 8.85. The molecule has 0 aliphatic carbocycles. The second-order valence-corrected chi connectivity index (χ2v) is 6.81. The predicted octanol–water partition coefficient (Wildman–Crippen LogP) is 4.34. The molecule has 0 saturated carbocycles. The zero-order valence-electron chi connectivity index (χ0n) is 15.0. The van der Waals surface area contributed by atoms with E-state index in [9.17, 15) is 18.0 Å². The molecule has 1 aromatic carbocycles. The highest BCUT2D eigenvalue weighted by atomic mass is 35.5. The molecule has 0 fully saturated rings. The zero-order chi connectivity index (χ0) is 20.0. The van der Waals surface area contributed by atoms with Crippen LogP contribution in [-0.4, -0.2) is 35.4 Å². The topological polar surface area (TPSA) is 56.1 Å². The zero-order valence-corrected chi connectivity index (χ0v) is 15.8. The van der Waals surface area contributed by atoms with Gasteiger partial charge in [-0.3, -0.25) is 4.79 Å². The van der Waals surface area contributed by atoms with Crippen LogP contribution in [0.5, 0.6) is 0 Å². The maximum atomic E-state index is 13.6. The van der Waals surface area contributed by atoms with Crippen molar-refractivity contribution in [1.82, 2.24) is 15.1 Å². The summed E-state index contributed by atoms with van der Waals surface area (Å²) in [5.74, 6) is -0.439. The molecule has 2 aromatic rings. The lowest BCUT2D eigenvalue weighted by Crippen LogP contribution is -2.28. The summed E-state index contributed by atoms with van der Waals surface area (Å²) in [7, 11) is 0. The molecule has 0 aliphatic heterocycles. The van der Waals surface area contributed by atoms with Crippen molar-refractivity contribution < 1.29 is 22.7 Å². The van der Waals surface area contributed by atoms with E-state index in [-0.39, 0.29) is 17.3 Å². The molecule has 27 heavy (non-hydrogen) atoms. The minimum Gasteiger partial charge on any atom is -0.381 e. The van der Waals surface area contributed by atoms with Gasteiger partial charge in [0.25, 0.3) is 5.91 Å². The molecule has 0 radical (unpaired) electrons. The number of carbonyl (C=O) groups is 1. The highest BCUT2D eigenvalue weighted by Crippen LogP contribution is 2.34. The lowest BCUT2D eigenvalue weighted by atomic mass is 10.2. The number of halogens is 4. The number of rotatable bonds is 8. The Kier molecular flexibility index (Phi) is 7.26. The average Bonchev–Trinajstić information content (AvgIpc) is 3.03. The summed E-state index contributed by atoms with van der Waals surface area (Å²) < 4.78 is 46.7. The molecule has 1 amide bonds. The summed E-state index contributed by atoms with van der Waals surface area (Å²) >= 11 is 5.85. The SMILES string of the molecule is CC(C)COCCCNC(=O)c1cnn(-c2cccc(Cl)c2)c1C(F)(F)F. The standard InChI is InChI=1S/C18H21ClF3N3O2/c1-12(2)11-27-8-4-7-23-17(26)15-10-24-25(16(15)18(20,21)22)14-6-3-5-13(19)9-14/h3,5-6,9-10,12H,4,7-8,11H2,1-2H3,(H,23,26). The maximum Gasteiger partial charge on any atom is 0.434 e. The smallest absolute Gasteiger partial charge is 0.381 e. The van der Waals surface area contributed by atoms with Gasteiger partial charge in [0.1, 0.15) is 0 Å². The van der Waals surface area contributed by atoms with Crippen molar-refractivity contribution in [3.05, 3.63) is 46.7 Å². The Labute approximate surface area is 160 Å². The predicted molar refractivity (Wildman–Crippen MR) is 96.2 cm³/mol.